The van der Waals surface area contributed by atoms with Crippen molar-refractivity contribution in [3.05, 3.63) is 78.0 Å². The van der Waals surface area contributed by atoms with Gasteiger partial charge in [0.15, 0.2) is 6.20 Å². The summed E-state index contributed by atoms with van der Waals surface area (Å²) in [6.45, 7) is 4.37. The third kappa shape index (κ3) is 2.67. The molecule has 0 amide bonds. The second-order valence-electron chi connectivity index (χ2n) is 5.74. The Kier molecular flexibility index (Phi) is 4.06. The van der Waals surface area contributed by atoms with Gasteiger partial charge in [-0.3, -0.25) is 0 Å². The van der Waals surface area contributed by atoms with Crippen LogP contribution in [0.5, 0.6) is 0 Å². The molecule has 0 saturated carbocycles. The molecule has 3 rings (SSSR count). The normalized spacial score (nSPS) is 10.7. The van der Waals surface area contributed by atoms with Crippen LogP contribution in [-0.2, 0) is 13.5 Å². The molecule has 0 unspecified atom stereocenters. The van der Waals surface area contributed by atoms with E-state index >= 15 is 0 Å². The van der Waals surface area contributed by atoms with Crippen molar-refractivity contribution in [1.82, 2.24) is 0 Å². The summed E-state index contributed by atoms with van der Waals surface area (Å²) >= 11 is 0. The molecule has 0 radical (unpaired) electrons. The van der Waals surface area contributed by atoms with Crippen molar-refractivity contribution < 1.29 is 4.57 Å². The molecule has 1 nitrogen and oxygen atoms in total. The zero-order valence-corrected chi connectivity index (χ0v) is 13.5. The number of pyridine rings is 1. The summed E-state index contributed by atoms with van der Waals surface area (Å²) in [5.74, 6) is 0. The van der Waals surface area contributed by atoms with Gasteiger partial charge in [0.25, 0.3) is 0 Å². The molecule has 1 heterocycles. The Morgan fingerprint density at radius 1 is 0.818 bits per heavy atom. The van der Waals surface area contributed by atoms with E-state index in [1.807, 2.05) is 0 Å². The van der Waals surface area contributed by atoms with Gasteiger partial charge in [-0.1, -0.05) is 49.4 Å². The lowest BCUT2D eigenvalue weighted by molar-refractivity contribution is -0.659. The van der Waals surface area contributed by atoms with Crippen molar-refractivity contribution in [3.63, 3.8) is 0 Å². The zero-order valence-electron chi connectivity index (χ0n) is 13.5. The first-order chi connectivity index (χ1) is 10.7. The summed E-state index contributed by atoms with van der Waals surface area (Å²) in [6, 6.07) is 21.6. The molecule has 110 valence electrons. The van der Waals surface area contributed by atoms with Gasteiger partial charge in [0.2, 0.25) is 5.69 Å². The van der Waals surface area contributed by atoms with Crippen molar-refractivity contribution in [1.29, 1.82) is 0 Å². The van der Waals surface area contributed by atoms with Gasteiger partial charge in [-0.05, 0) is 42.2 Å². The van der Waals surface area contributed by atoms with Gasteiger partial charge in [-0.15, -0.1) is 0 Å². The van der Waals surface area contributed by atoms with Gasteiger partial charge >= 0.3 is 0 Å². The standard InChI is InChI=1S/C21H22N/c1-4-17-10-6-8-12-20(17)18-13-14-21(22(3)15-18)19-11-7-5-9-16(19)2/h5-15H,4H2,1-3H3/q+1. The van der Waals surface area contributed by atoms with Crippen LogP contribution in [0.15, 0.2) is 66.9 Å². The molecular formula is C21H22N+. The van der Waals surface area contributed by atoms with Crippen LogP contribution in [0.4, 0.5) is 0 Å². The van der Waals surface area contributed by atoms with Gasteiger partial charge in [-0.25, -0.2) is 4.57 Å². The third-order valence-electron chi connectivity index (χ3n) is 4.26. The number of hydrogen-bond acceptors (Lipinski definition) is 0. The largest absolute Gasteiger partial charge is 0.212 e. The predicted molar refractivity (Wildman–Crippen MR) is 92.6 cm³/mol. The minimum absolute atomic E-state index is 1.05. The molecule has 0 aliphatic carbocycles. The number of aromatic nitrogens is 1. The van der Waals surface area contributed by atoms with Gasteiger partial charge in [-0.2, -0.15) is 0 Å². The highest BCUT2D eigenvalue weighted by Gasteiger charge is 2.14. The Balaban J connectivity index is 2.09. The highest BCUT2D eigenvalue weighted by molar-refractivity contribution is 5.68. The maximum absolute atomic E-state index is 2.23. The van der Waals surface area contributed by atoms with Gasteiger partial charge in [0, 0.05) is 17.2 Å². The van der Waals surface area contributed by atoms with Crippen LogP contribution in [-0.4, -0.2) is 0 Å². The fourth-order valence-electron chi connectivity index (χ4n) is 3.02. The number of nitrogens with zero attached hydrogens (tertiary/aromatic N) is 1. The predicted octanol–water partition coefficient (Wildman–Crippen LogP) is 4.72. The first kappa shape index (κ1) is 14.5. The molecule has 22 heavy (non-hydrogen) atoms. The van der Waals surface area contributed by atoms with Crippen LogP contribution >= 0.6 is 0 Å². The van der Waals surface area contributed by atoms with Crippen molar-refractivity contribution in [2.75, 3.05) is 0 Å². The van der Waals surface area contributed by atoms with Crippen LogP contribution in [0.2, 0.25) is 0 Å². The molecule has 1 heteroatoms. The Labute approximate surface area is 132 Å². The number of benzene rings is 2. The van der Waals surface area contributed by atoms with E-state index in [-0.39, 0.29) is 0 Å². The van der Waals surface area contributed by atoms with Crippen LogP contribution in [0.25, 0.3) is 22.4 Å². The second kappa shape index (κ2) is 6.15. The number of rotatable bonds is 3. The third-order valence-corrected chi connectivity index (χ3v) is 4.26. The fourth-order valence-corrected chi connectivity index (χ4v) is 3.02. The Bertz CT molecular complexity index is 803. The molecule has 2 aromatic carbocycles. The molecule has 0 spiro atoms. The molecule has 1 aromatic heterocycles. The quantitative estimate of drug-likeness (QED) is 0.614. The first-order valence-electron chi connectivity index (χ1n) is 7.84. The van der Waals surface area contributed by atoms with E-state index in [2.05, 4.69) is 92.3 Å². The molecule has 0 atom stereocenters. The van der Waals surface area contributed by atoms with Crippen LogP contribution < -0.4 is 4.57 Å². The smallest absolute Gasteiger partial charge is 0.200 e. The van der Waals surface area contributed by atoms with Crippen LogP contribution in [0.1, 0.15) is 18.1 Å². The summed E-state index contributed by atoms with van der Waals surface area (Å²) in [6.07, 6.45) is 3.29. The lowest BCUT2D eigenvalue weighted by Gasteiger charge is -2.09. The minimum atomic E-state index is 1.05. The van der Waals surface area contributed by atoms with E-state index in [0.717, 1.165) is 6.42 Å². The van der Waals surface area contributed by atoms with E-state index in [1.54, 1.807) is 0 Å². The fraction of sp³-hybridized carbons (Fsp3) is 0.190. The molecule has 0 saturated heterocycles. The van der Waals surface area contributed by atoms with Crippen molar-refractivity contribution in [2.45, 2.75) is 20.3 Å². The number of hydrogen-bond donors (Lipinski definition) is 0. The van der Waals surface area contributed by atoms with E-state index in [1.165, 1.54) is 33.5 Å². The SMILES string of the molecule is CCc1ccccc1-c1ccc(-c2ccccc2C)[n+](C)c1. The summed E-state index contributed by atoms with van der Waals surface area (Å²) < 4.78 is 2.23. The summed E-state index contributed by atoms with van der Waals surface area (Å²) in [5.41, 5.74) is 7.84. The molecule has 0 aliphatic rings. The monoisotopic (exact) mass is 288 g/mol. The number of aryl methyl sites for hydroxylation is 3. The lowest BCUT2D eigenvalue weighted by atomic mass is 9.98. The Morgan fingerprint density at radius 3 is 2.18 bits per heavy atom. The topological polar surface area (TPSA) is 3.88 Å². The molecule has 0 aliphatic heterocycles. The second-order valence-corrected chi connectivity index (χ2v) is 5.74. The average molecular weight is 288 g/mol. The first-order valence-corrected chi connectivity index (χ1v) is 7.84. The van der Waals surface area contributed by atoms with Crippen molar-refractivity contribution >= 4 is 0 Å². The Hall–Kier alpha value is -2.41. The van der Waals surface area contributed by atoms with Crippen molar-refractivity contribution in [3.8, 4) is 22.4 Å². The van der Waals surface area contributed by atoms with Gasteiger partial charge < -0.3 is 0 Å². The summed E-state index contributed by atoms with van der Waals surface area (Å²) in [7, 11) is 2.12. The van der Waals surface area contributed by atoms with E-state index in [0.29, 0.717) is 0 Å². The van der Waals surface area contributed by atoms with E-state index in [4.69, 9.17) is 0 Å². The lowest BCUT2D eigenvalue weighted by Crippen LogP contribution is -2.30. The minimum Gasteiger partial charge on any atom is -0.200 e. The summed E-state index contributed by atoms with van der Waals surface area (Å²) in [4.78, 5) is 0. The maximum atomic E-state index is 2.23. The average Bonchev–Trinajstić information content (AvgIpc) is 2.55. The molecule has 0 fully saturated rings. The maximum Gasteiger partial charge on any atom is 0.212 e. The van der Waals surface area contributed by atoms with E-state index < -0.39 is 0 Å². The summed E-state index contributed by atoms with van der Waals surface area (Å²) in [5, 5.41) is 0. The zero-order chi connectivity index (χ0) is 15.5. The molecule has 0 N–H and O–H groups in total. The van der Waals surface area contributed by atoms with Gasteiger partial charge in [0.05, 0.1) is 0 Å². The van der Waals surface area contributed by atoms with Crippen LogP contribution in [0, 0.1) is 6.92 Å². The van der Waals surface area contributed by atoms with E-state index in [9.17, 15) is 0 Å². The highest BCUT2D eigenvalue weighted by Crippen LogP contribution is 2.26. The van der Waals surface area contributed by atoms with Gasteiger partial charge in [0.1, 0.15) is 7.05 Å². The van der Waals surface area contributed by atoms with Crippen molar-refractivity contribution in [2.24, 2.45) is 7.05 Å². The highest BCUT2D eigenvalue weighted by atomic mass is 14.9. The molecule has 0 bridgehead atoms. The molecular weight excluding hydrogens is 266 g/mol. The van der Waals surface area contributed by atoms with Crippen LogP contribution in [0.3, 0.4) is 0 Å². The Morgan fingerprint density at radius 2 is 1.50 bits per heavy atom. The molecule has 3 aromatic rings.